The lowest BCUT2D eigenvalue weighted by molar-refractivity contribution is -0.186. The largest absolute Gasteiger partial charge is 0.471 e. The number of nitrogens with zero attached hydrogens (tertiary/aromatic N) is 1. The maximum atomic E-state index is 12.7. The van der Waals surface area contributed by atoms with Crippen molar-refractivity contribution >= 4 is 17.5 Å². The summed E-state index contributed by atoms with van der Waals surface area (Å²) in [6, 6.07) is 5.17. The van der Waals surface area contributed by atoms with E-state index in [1.165, 1.54) is 0 Å². The van der Waals surface area contributed by atoms with Crippen molar-refractivity contribution in [3.63, 3.8) is 0 Å². The highest BCUT2D eigenvalue weighted by Crippen LogP contribution is 2.27. The molecular formula is C24H30F3N3O2. The molecule has 32 heavy (non-hydrogen) atoms. The van der Waals surface area contributed by atoms with Gasteiger partial charge in [0.05, 0.1) is 0 Å². The zero-order valence-electron chi connectivity index (χ0n) is 18.7. The number of halogens is 3. The average molecular weight is 450 g/mol. The van der Waals surface area contributed by atoms with Crippen LogP contribution >= 0.6 is 0 Å². The molecule has 1 aliphatic heterocycles. The highest BCUT2D eigenvalue weighted by atomic mass is 19.4. The van der Waals surface area contributed by atoms with Gasteiger partial charge in [-0.1, -0.05) is 31.2 Å². The normalized spacial score (nSPS) is 15.0. The molecule has 0 saturated carbocycles. The number of allylic oxidation sites excluding steroid dienone is 5. The highest BCUT2D eigenvalue weighted by Gasteiger charge is 2.43. The minimum Gasteiger partial charge on any atom is -0.365 e. The third kappa shape index (κ3) is 7.59. The molecule has 2 rings (SSSR count). The molecule has 2 amide bonds. The van der Waals surface area contributed by atoms with Crippen LogP contribution in [0.1, 0.15) is 51.2 Å². The van der Waals surface area contributed by atoms with Gasteiger partial charge in [-0.25, -0.2) is 0 Å². The Morgan fingerprint density at radius 1 is 1.19 bits per heavy atom. The first kappa shape index (κ1) is 25.2. The van der Waals surface area contributed by atoms with Gasteiger partial charge >= 0.3 is 12.1 Å². The fourth-order valence-corrected chi connectivity index (χ4v) is 3.46. The number of alkyl halides is 3. The summed E-state index contributed by atoms with van der Waals surface area (Å²) in [4.78, 5) is 24.8. The molecule has 1 aromatic carbocycles. The molecule has 0 unspecified atom stereocenters. The van der Waals surface area contributed by atoms with E-state index < -0.39 is 12.1 Å². The van der Waals surface area contributed by atoms with Crippen LogP contribution in [0, 0.1) is 0 Å². The number of anilines is 1. The van der Waals surface area contributed by atoms with Gasteiger partial charge in [-0.3, -0.25) is 9.59 Å². The smallest absolute Gasteiger partial charge is 0.365 e. The Morgan fingerprint density at radius 2 is 1.94 bits per heavy atom. The molecule has 0 bridgehead atoms. The number of amides is 2. The SMILES string of the molecule is C/C=C/C(=C\N/C(C)=C/CC)CCC(=O)Nc1ccc2c(c1)CN(C(=O)C(F)(F)F)CC2. The van der Waals surface area contributed by atoms with Crippen molar-refractivity contribution in [1.29, 1.82) is 0 Å². The Kier molecular flexibility index (Phi) is 9.11. The molecule has 1 heterocycles. The van der Waals surface area contributed by atoms with Crippen LogP contribution in [0.4, 0.5) is 18.9 Å². The summed E-state index contributed by atoms with van der Waals surface area (Å²) in [6.07, 6.45) is 4.95. The quantitative estimate of drug-likeness (QED) is 0.535. The molecule has 2 N–H and O–H groups in total. The summed E-state index contributed by atoms with van der Waals surface area (Å²) < 4.78 is 38.2. The highest BCUT2D eigenvalue weighted by molar-refractivity contribution is 5.91. The Bertz CT molecular complexity index is 918. The van der Waals surface area contributed by atoms with E-state index in [0.717, 1.165) is 28.2 Å². The first-order chi connectivity index (χ1) is 15.1. The lowest BCUT2D eigenvalue weighted by Gasteiger charge is -2.29. The maximum Gasteiger partial charge on any atom is 0.471 e. The van der Waals surface area contributed by atoms with E-state index in [4.69, 9.17) is 0 Å². The predicted molar refractivity (Wildman–Crippen MR) is 120 cm³/mol. The van der Waals surface area contributed by atoms with Gasteiger partial charge in [0.2, 0.25) is 5.91 Å². The number of rotatable bonds is 8. The second-order valence-electron chi connectivity index (χ2n) is 7.67. The molecule has 1 aliphatic rings. The van der Waals surface area contributed by atoms with E-state index in [0.29, 0.717) is 24.1 Å². The summed E-state index contributed by atoms with van der Waals surface area (Å²) in [5.41, 5.74) is 4.01. The molecule has 0 fully saturated rings. The van der Waals surface area contributed by atoms with Crippen molar-refractivity contribution in [1.82, 2.24) is 10.2 Å². The van der Waals surface area contributed by atoms with E-state index >= 15 is 0 Å². The number of nitrogens with one attached hydrogen (secondary N) is 2. The fourth-order valence-electron chi connectivity index (χ4n) is 3.46. The summed E-state index contributed by atoms with van der Waals surface area (Å²) in [5.74, 6) is -2.03. The van der Waals surface area contributed by atoms with Crippen LogP contribution in [0.2, 0.25) is 0 Å². The van der Waals surface area contributed by atoms with E-state index in [-0.39, 0.29) is 25.4 Å². The van der Waals surface area contributed by atoms with Gasteiger partial charge in [0.25, 0.3) is 0 Å². The van der Waals surface area contributed by atoms with Crippen molar-refractivity contribution in [2.75, 3.05) is 11.9 Å². The molecule has 0 aliphatic carbocycles. The first-order valence-corrected chi connectivity index (χ1v) is 10.7. The third-order valence-electron chi connectivity index (χ3n) is 5.05. The van der Waals surface area contributed by atoms with Crippen LogP contribution in [0.25, 0.3) is 0 Å². The lowest BCUT2D eigenvalue weighted by atomic mass is 9.99. The van der Waals surface area contributed by atoms with E-state index in [2.05, 4.69) is 23.6 Å². The van der Waals surface area contributed by atoms with Crippen LogP contribution in [-0.2, 0) is 22.6 Å². The third-order valence-corrected chi connectivity index (χ3v) is 5.05. The van der Waals surface area contributed by atoms with Crippen LogP contribution in [0.3, 0.4) is 0 Å². The monoisotopic (exact) mass is 449 g/mol. The molecule has 0 aromatic heterocycles. The second kappa shape index (κ2) is 11.5. The molecule has 0 spiro atoms. The summed E-state index contributed by atoms with van der Waals surface area (Å²) in [5, 5.41) is 6.00. The number of fused-ring (bicyclic) bond motifs is 1. The zero-order valence-corrected chi connectivity index (χ0v) is 18.7. The van der Waals surface area contributed by atoms with E-state index in [1.807, 2.05) is 32.2 Å². The van der Waals surface area contributed by atoms with Crippen molar-refractivity contribution in [2.24, 2.45) is 0 Å². The Morgan fingerprint density at radius 3 is 2.59 bits per heavy atom. The Labute approximate surface area is 187 Å². The average Bonchev–Trinajstić information content (AvgIpc) is 2.74. The van der Waals surface area contributed by atoms with Gasteiger partial charge in [0.15, 0.2) is 0 Å². The number of carbonyl (C=O) groups is 2. The minimum absolute atomic E-state index is 0.0259. The van der Waals surface area contributed by atoms with Gasteiger partial charge in [-0.05, 0) is 61.9 Å². The summed E-state index contributed by atoms with van der Waals surface area (Å²) in [7, 11) is 0. The molecule has 5 nitrogen and oxygen atoms in total. The molecule has 0 saturated heterocycles. The molecular weight excluding hydrogens is 419 g/mol. The fraction of sp³-hybridized carbons (Fsp3) is 0.417. The van der Waals surface area contributed by atoms with Crippen molar-refractivity contribution in [2.45, 2.75) is 59.2 Å². The van der Waals surface area contributed by atoms with Gasteiger partial charge < -0.3 is 15.5 Å². The number of carbonyl (C=O) groups excluding carboxylic acids is 2. The Balaban J connectivity index is 1.98. The molecule has 8 heteroatoms. The van der Waals surface area contributed by atoms with Crippen LogP contribution < -0.4 is 10.6 Å². The predicted octanol–water partition coefficient (Wildman–Crippen LogP) is 5.22. The van der Waals surface area contributed by atoms with Crippen molar-refractivity contribution in [3.05, 3.63) is 65.0 Å². The number of hydrogen-bond acceptors (Lipinski definition) is 3. The topological polar surface area (TPSA) is 61.4 Å². The van der Waals surface area contributed by atoms with Gasteiger partial charge in [0.1, 0.15) is 0 Å². The molecule has 0 atom stereocenters. The molecule has 174 valence electrons. The van der Waals surface area contributed by atoms with Crippen molar-refractivity contribution < 1.29 is 22.8 Å². The minimum atomic E-state index is -4.89. The first-order valence-electron chi connectivity index (χ1n) is 10.7. The summed E-state index contributed by atoms with van der Waals surface area (Å²) >= 11 is 0. The second-order valence-corrected chi connectivity index (χ2v) is 7.67. The van der Waals surface area contributed by atoms with Gasteiger partial charge in [0, 0.05) is 37.1 Å². The Hall–Kier alpha value is -3.03. The number of benzene rings is 1. The van der Waals surface area contributed by atoms with Crippen LogP contribution in [-0.4, -0.2) is 29.4 Å². The molecule has 1 aromatic rings. The zero-order chi connectivity index (χ0) is 23.7. The summed E-state index contributed by atoms with van der Waals surface area (Å²) in [6.45, 7) is 5.83. The van der Waals surface area contributed by atoms with E-state index in [9.17, 15) is 22.8 Å². The van der Waals surface area contributed by atoms with Crippen molar-refractivity contribution in [3.8, 4) is 0 Å². The molecule has 0 radical (unpaired) electrons. The van der Waals surface area contributed by atoms with Gasteiger partial charge in [-0.15, -0.1) is 0 Å². The maximum absolute atomic E-state index is 12.7. The van der Waals surface area contributed by atoms with Crippen LogP contribution in [0.5, 0.6) is 0 Å². The van der Waals surface area contributed by atoms with Gasteiger partial charge in [-0.2, -0.15) is 13.2 Å². The van der Waals surface area contributed by atoms with Crippen LogP contribution in [0.15, 0.2) is 53.9 Å². The van der Waals surface area contributed by atoms with E-state index in [1.54, 1.807) is 18.2 Å². The standard InChI is InChI=1S/C24H30F3N3O2/c1-4-6-17(3)28-15-18(7-5-2)8-11-22(31)29-21-10-9-19-12-13-30(16-20(19)14-21)23(32)24(25,26)27/h5-7,9-10,14-15,28H,4,8,11-13,16H2,1-3H3,(H,29,31)/b7-5+,17-6+,18-15+. The lowest BCUT2D eigenvalue weighted by Crippen LogP contribution is -2.43. The number of hydrogen-bond donors (Lipinski definition) is 2.